The zero-order valence-corrected chi connectivity index (χ0v) is 80.3. The highest BCUT2D eigenvalue weighted by Crippen LogP contribution is 2.43. The summed E-state index contributed by atoms with van der Waals surface area (Å²) in [7, 11) is 0. The minimum atomic E-state index is -0.441. The Bertz CT molecular complexity index is 5060. The molecule has 31 nitrogen and oxygen atoms in total. The molecule has 0 aliphatic carbocycles. The molecule has 136 heavy (non-hydrogen) atoms. The van der Waals surface area contributed by atoms with Crippen molar-refractivity contribution < 1.29 is 61.8 Å². The summed E-state index contributed by atoms with van der Waals surface area (Å²) in [4.78, 5) is 137. The topological polar surface area (TPSA) is 420 Å². The molecular weight excluding hydrogens is 1730 g/mol. The van der Waals surface area contributed by atoms with Crippen molar-refractivity contribution in [1.29, 1.82) is 26.3 Å². The molecule has 730 valence electrons. The van der Waals surface area contributed by atoms with Gasteiger partial charge in [-0.05, 0) is 184 Å². The number of fused-ring (bicyclic) bond motifs is 3. The molecule has 10 amide bonds. The van der Waals surface area contributed by atoms with Crippen molar-refractivity contribution in [3.05, 3.63) is 177 Å². The number of likely N-dealkylation sites (tertiary alicyclic amines) is 5. The number of aliphatic hydroxyl groups excluding tert-OH is 1. The number of nitrogens with one attached hydrogen (secondary N) is 7. The van der Waals surface area contributed by atoms with E-state index in [1.807, 2.05) is 141 Å². The van der Waals surface area contributed by atoms with Crippen LogP contribution < -0.4 is 37.2 Å². The van der Waals surface area contributed by atoms with Gasteiger partial charge in [0.25, 0.3) is 0 Å². The quantitative estimate of drug-likeness (QED) is 0.0186. The van der Waals surface area contributed by atoms with E-state index in [1.54, 1.807) is 41.5 Å². The van der Waals surface area contributed by atoms with Gasteiger partial charge < -0.3 is 81.5 Å². The fraction of sp³-hybridized carbons (Fsp3) is 0.563. The number of nitrogens with zero attached hydrogens (tertiary/aromatic N) is 13. The van der Waals surface area contributed by atoms with Gasteiger partial charge in [-0.25, -0.2) is 8.78 Å². The molecule has 0 saturated carbocycles. The molecule has 0 bridgehead atoms. The summed E-state index contributed by atoms with van der Waals surface area (Å²) < 4.78 is 27.7. The van der Waals surface area contributed by atoms with Crippen LogP contribution in [0.4, 0.5) is 8.78 Å². The number of amides is 10. The van der Waals surface area contributed by atoms with Crippen LogP contribution in [0.1, 0.15) is 221 Å². The molecule has 5 aromatic rings. The zero-order valence-electron chi connectivity index (χ0n) is 80.3. The van der Waals surface area contributed by atoms with Gasteiger partial charge in [0.05, 0.1) is 99.4 Å². The molecule has 13 rings (SSSR count). The van der Waals surface area contributed by atoms with Gasteiger partial charge in [0, 0.05) is 117 Å². The Morgan fingerprint density at radius 1 is 0.419 bits per heavy atom. The molecule has 8 aliphatic rings. The highest BCUT2D eigenvalue weighted by Gasteiger charge is 2.41. The van der Waals surface area contributed by atoms with E-state index >= 15 is 0 Å². The number of aliphatic hydroxyl groups is 1. The van der Waals surface area contributed by atoms with Crippen LogP contribution in [-0.4, -0.2) is 257 Å². The van der Waals surface area contributed by atoms with Crippen molar-refractivity contribution in [3.8, 4) is 30.3 Å². The Labute approximate surface area is 800 Å². The van der Waals surface area contributed by atoms with Crippen molar-refractivity contribution in [2.75, 3.05) is 118 Å². The summed E-state index contributed by atoms with van der Waals surface area (Å²) in [5.74, 6) is -0.929. The highest BCUT2D eigenvalue weighted by molar-refractivity contribution is 5.84. The predicted molar refractivity (Wildman–Crippen MR) is 509 cm³/mol. The molecule has 0 aromatic heterocycles. The summed E-state index contributed by atoms with van der Waals surface area (Å²) in [6.45, 7) is 23.9. The second-order valence-electron chi connectivity index (χ2n) is 37.6. The largest absolute Gasteiger partial charge is 0.394 e. The lowest BCUT2D eigenvalue weighted by Gasteiger charge is -2.44. The first kappa shape index (κ1) is 108. The molecule has 5 saturated heterocycles. The molecular formula is C103H138F2N20O11. The summed E-state index contributed by atoms with van der Waals surface area (Å²) in [6.07, 6.45) is 12.4. The molecule has 5 fully saturated rings. The van der Waals surface area contributed by atoms with Crippen LogP contribution in [0.15, 0.2) is 121 Å². The average Bonchev–Trinajstić information content (AvgIpc) is 0.902. The molecule has 33 heteroatoms. The monoisotopic (exact) mass is 1870 g/mol. The number of benzene rings is 5. The molecule has 8 aliphatic heterocycles. The van der Waals surface area contributed by atoms with Crippen LogP contribution in [0.5, 0.6) is 0 Å². The standard InChI is InChI=1S/C23H31FN4O2.C22H29FN4O2.C20H26N4O3.2C19H26N4O2/c1-23(2,3)22-19-13-17(24)7-6-16(19)9-12-28(22)20(29)8-10-26-15-21(30)27-11-4-5-18(27)14-25;1-15(2)22-19-12-17(23)6-5-16(19)8-11-27(22)20(28)7-9-25-14-21(29)26-10-3-4-18(26)13-24;21-11-17-6-3-9-23(17)20(27)12-22-8-7-19(26)24-13-16-5-2-1-4-15(16)10-18(24)14-25;1-19(2,15-7-4-3-5-8-15)22-17(24)10-11-21-14-18(25)23-12-6-9-16(23)13-20;1-2-17(15-7-4-3-5-8-15)22-18(24)10-11-21-14-19(25)23-12-6-9-16(23)13-20/h6-7,13,18,22,26H,4-5,8-12,15H2,1-3H3;5-6,12,15,18,22,25H,3-4,7-11,14H2,1-2H3;1-2,4-5,17-18,22,25H,3,6-10,12-14H2;3-5,7-8,16,21H,6,9-12,14H2,1-2H3,(H,22,24);3-5,7-8,16-17,21H,2,6,9-12,14H2,1H3,(H,22,24)/t2*18-,22?;17-,18?;16-;16-,17?/m00000/s1. The molecule has 0 radical (unpaired) electrons. The first-order valence-corrected chi connectivity index (χ1v) is 48.2. The number of carbonyl (C=O) groups excluding carboxylic acids is 10. The van der Waals surface area contributed by atoms with Crippen molar-refractivity contribution in [3.63, 3.8) is 0 Å². The Kier molecular flexibility index (Phi) is 42.7. The van der Waals surface area contributed by atoms with E-state index in [9.17, 15) is 61.8 Å². The third-order valence-corrected chi connectivity index (χ3v) is 26.2. The zero-order chi connectivity index (χ0) is 98.4. The lowest BCUT2D eigenvalue weighted by molar-refractivity contribution is -0.137. The minimum Gasteiger partial charge on any atom is -0.394 e. The number of carbonyl (C=O) groups is 10. The summed E-state index contributed by atoms with van der Waals surface area (Å²) >= 11 is 0. The smallest absolute Gasteiger partial charge is 0.237 e. The van der Waals surface area contributed by atoms with E-state index in [4.69, 9.17) is 26.3 Å². The third-order valence-electron chi connectivity index (χ3n) is 26.2. The predicted octanol–water partition coefficient (Wildman–Crippen LogP) is 8.90. The summed E-state index contributed by atoms with van der Waals surface area (Å²) in [6, 6.07) is 46.1. The van der Waals surface area contributed by atoms with Crippen molar-refractivity contribution in [2.24, 2.45) is 11.3 Å². The van der Waals surface area contributed by atoms with Gasteiger partial charge in [-0.3, -0.25) is 47.9 Å². The van der Waals surface area contributed by atoms with Crippen molar-refractivity contribution in [1.82, 2.24) is 76.4 Å². The maximum Gasteiger partial charge on any atom is 0.237 e. The van der Waals surface area contributed by atoms with Gasteiger partial charge in [-0.1, -0.05) is 139 Å². The second-order valence-corrected chi connectivity index (χ2v) is 37.6. The van der Waals surface area contributed by atoms with Crippen molar-refractivity contribution in [2.45, 2.75) is 244 Å². The Balaban J connectivity index is 0.000000191. The van der Waals surface area contributed by atoms with Crippen LogP contribution in [0.2, 0.25) is 0 Å². The van der Waals surface area contributed by atoms with Crippen LogP contribution in [0, 0.1) is 79.6 Å². The van der Waals surface area contributed by atoms with Crippen LogP contribution in [0.3, 0.4) is 0 Å². The third kappa shape index (κ3) is 31.2. The SMILES string of the molecule is CC(C)(C)C1c2cc(F)ccc2CCN1C(=O)CCNCC(=O)N1CCC[C@H]1C#N.CC(C)(NC(=O)CCNCC(=O)N1CCC[C@H]1C#N)c1ccccc1.CC(C)C1c2cc(F)ccc2CCN1C(=O)CCNCC(=O)N1CCC[C@H]1C#N.CCC(NC(=O)CCNCC(=O)N1CCC[C@H]1C#N)c1ccccc1.N#C[C@@H]1CCCN1C(=O)CNCCC(=O)N1Cc2ccccc2CC1CO. The lowest BCUT2D eigenvalue weighted by atomic mass is 9.77. The van der Waals surface area contributed by atoms with E-state index in [1.165, 1.54) is 17.7 Å². The van der Waals surface area contributed by atoms with Crippen LogP contribution in [0.25, 0.3) is 0 Å². The minimum absolute atomic E-state index is 0.000795. The molecule has 0 spiro atoms. The number of hydrogen-bond donors (Lipinski definition) is 8. The maximum absolute atomic E-state index is 13.9. The van der Waals surface area contributed by atoms with Gasteiger partial charge in [0.2, 0.25) is 59.1 Å². The molecule has 8 heterocycles. The van der Waals surface area contributed by atoms with Gasteiger partial charge in [-0.15, -0.1) is 0 Å². The number of hydrogen-bond acceptors (Lipinski definition) is 21. The molecule has 4 unspecified atom stereocenters. The van der Waals surface area contributed by atoms with Crippen LogP contribution >= 0.6 is 0 Å². The van der Waals surface area contributed by atoms with Gasteiger partial charge in [0.1, 0.15) is 41.8 Å². The fourth-order valence-electron chi connectivity index (χ4n) is 19.1. The van der Waals surface area contributed by atoms with E-state index in [0.29, 0.717) is 111 Å². The summed E-state index contributed by atoms with van der Waals surface area (Å²) in [5.41, 5.74) is 7.77. The van der Waals surface area contributed by atoms with Gasteiger partial charge in [0.15, 0.2) is 0 Å². The average molecular weight is 1870 g/mol. The van der Waals surface area contributed by atoms with Crippen molar-refractivity contribution >= 4 is 59.1 Å². The fourth-order valence-corrected chi connectivity index (χ4v) is 19.1. The number of nitriles is 5. The Morgan fingerprint density at radius 3 is 1.18 bits per heavy atom. The molecule has 5 aromatic carbocycles. The van der Waals surface area contributed by atoms with E-state index in [0.717, 1.165) is 116 Å². The lowest BCUT2D eigenvalue weighted by Crippen LogP contribution is -2.47. The van der Waals surface area contributed by atoms with Gasteiger partial charge in [-0.2, -0.15) is 26.3 Å². The Hall–Kier alpha value is -12.1. The molecule has 9 atom stereocenters. The number of rotatable bonds is 32. The van der Waals surface area contributed by atoms with E-state index in [2.05, 4.69) is 88.3 Å². The first-order valence-electron chi connectivity index (χ1n) is 48.2. The second kappa shape index (κ2) is 54.0. The van der Waals surface area contributed by atoms with Crippen LogP contribution in [-0.2, 0) is 79.3 Å². The molecule has 8 N–H and O–H groups in total. The first-order chi connectivity index (χ1) is 65.4. The normalized spacial score (nSPS) is 19.9. The highest BCUT2D eigenvalue weighted by atomic mass is 19.1. The van der Waals surface area contributed by atoms with E-state index in [-0.39, 0.29) is 195 Å². The summed E-state index contributed by atoms with van der Waals surface area (Å²) in [5, 5.41) is 76.1. The van der Waals surface area contributed by atoms with Gasteiger partial charge >= 0.3 is 0 Å². The van der Waals surface area contributed by atoms with E-state index < -0.39 is 5.54 Å². The number of halogens is 2. The maximum atomic E-state index is 13.9. The Morgan fingerprint density at radius 2 is 0.779 bits per heavy atom.